The molecule has 0 spiro atoms. The second-order valence-corrected chi connectivity index (χ2v) is 4.32. The van der Waals surface area contributed by atoms with Crippen LogP contribution in [0.1, 0.15) is 19.4 Å². The van der Waals surface area contributed by atoms with Gasteiger partial charge in [0.2, 0.25) is 0 Å². The van der Waals surface area contributed by atoms with E-state index in [-0.39, 0.29) is 11.8 Å². The van der Waals surface area contributed by atoms with Crippen LogP contribution in [0.15, 0.2) is 47.1 Å². The van der Waals surface area contributed by atoms with Gasteiger partial charge in [-0.1, -0.05) is 43.0 Å². The van der Waals surface area contributed by atoms with Crippen molar-refractivity contribution in [2.24, 2.45) is 22.1 Å². The van der Waals surface area contributed by atoms with Crippen LogP contribution < -0.4 is 0 Å². The van der Waals surface area contributed by atoms with Crippen LogP contribution in [0.4, 0.5) is 0 Å². The first kappa shape index (κ1) is 17.5. The lowest BCUT2D eigenvalue weighted by Crippen LogP contribution is -1.96. The second-order valence-electron chi connectivity index (χ2n) is 4.32. The molecule has 1 rings (SSSR count). The third-order valence-electron chi connectivity index (χ3n) is 2.29. The van der Waals surface area contributed by atoms with E-state index in [1.165, 1.54) is 5.56 Å². The lowest BCUT2D eigenvalue weighted by Gasteiger charge is -1.95. The van der Waals surface area contributed by atoms with E-state index in [0.29, 0.717) is 13.1 Å². The van der Waals surface area contributed by atoms with Crippen molar-refractivity contribution >= 4 is 6.08 Å². The van der Waals surface area contributed by atoms with Gasteiger partial charge in [0.15, 0.2) is 0 Å². The fraction of sp³-hybridized carbons (Fsp3) is 0.375. The van der Waals surface area contributed by atoms with E-state index in [9.17, 15) is 0 Å². The predicted octanol–water partition coefficient (Wildman–Crippen LogP) is 4.09. The van der Waals surface area contributed by atoms with Crippen LogP contribution in [0, 0.1) is 34.5 Å². The fourth-order valence-corrected chi connectivity index (χ4v) is 1.03. The summed E-state index contributed by atoms with van der Waals surface area (Å²) in [6.45, 7) is 8.05. The summed E-state index contributed by atoms with van der Waals surface area (Å²) in [6.07, 6.45) is 1.83. The molecule has 1 aromatic rings. The summed E-state index contributed by atoms with van der Waals surface area (Å²) in [5, 5.41) is 24.3. The summed E-state index contributed by atoms with van der Waals surface area (Å²) in [5.41, 5.74) is 1.17. The van der Waals surface area contributed by atoms with Gasteiger partial charge < -0.3 is 0 Å². The van der Waals surface area contributed by atoms with Gasteiger partial charge in [0.05, 0.1) is 37.1 Å². The molecule has 0 aromatic heterocycles. The van der Waals surface area contributed by atoms with Crippen molar-refractivity contribution in [3.63, 3.8) is 0 Å². The summed E-state index contributed by atoms with van der Waals surface area (Å²) in [7, 11) is 0. The third kappa shape index (κ3) is 9.56. The smallest absolute Gasteiger partial charge is 0.0754 e. The molecule has 0 N–H and O–H groups in total. The highest BCUT2D eigenvalue weighted by Crippen LogP contribution is 1.97. The molecule has 0 bridgehead atoms. The van der Waals surface area contributed by atoms with E-state index < -0.39 is 0 Å². The molecule has 0 saturated carbocycles. The standard InChI is InChI=1S/C8H12N4.C8H8/c1-7(3-9)5-11-12-6-8(2)4-10;1-2-8-6-4-3-5-7-8/h7-8H,5-6H2,1-2H3;2-7H,1H2. The second kappa shape index (κ2) is 11.6. The zero-order valence-electron chi connectivity index (χ0n) is 12.0. The molecule has 0 saturated heterocycles. The third-order valence-corrected chi connectivity index (χ3v) is 2.29. The molecule has 0 radical (unpaired) electrons. The SMILES string of the molecule is C=Cc1ccccc1.CC(C#N)CN=NCC(C)C#N. The van der Waals surface area contributed by atoms with E-state index >= 15 is 0 Å². The minimum absolute atomic E-state index is 0.0915. The van der Waals surface area contributed by atoms with Crippen molar-refractivity contribution in [3.8, 4) is 12.1 Å². The summed E-state index contributed by atoms with van der Waals surface area (Å²) in [6, 6.07) is 14.1. The molecular formula is C16H20N4. The lowest BCUT2D eigenvalue weighted by atomic mass is 10.2. The lowest BCUT2D eigenvalue weighted by molar-refractivity contribution is 0.667. The van der Waals surface area contributed by atoms with Gasteiger partial charge in [-0.15, -0.1) is 0 Å². The first-order valence-electron chi connectivity index (χ1n) is 6.44. The minimum atomic E-state index is -0.0915. The zero-order valence-corrected chi connectivity index (χ0v) is 12.0. The van der Waals surface area contributed by atoms with Crippen LogP contribution in [-0.2, 0) is 0 Å². The molecular weight excluding hydrogens is 248 g/mol. The van der Waals surface area contributed by atoms with Gasteiger partial charge in [-0.3, -0.25) is 0 Å². The Balaban J connectivity index is 0.000000388. The fourth-order valence-electron chi connectivity index (χ4n) is 1.03. The first-order valence-corrected chi connectivity index (χ1v) is 6.44. The van der Waals surface area contributed by atoms with Crippen molar-refractivity contribution in [2.75, 3.05) is 13.1 Å². The molecule has 0 fully saturated rings. The van der Waals surface area contributed by atoms with Crippen molar-refractivity contribution in [2.45, 2.75) is 13.8 Å². The van der Waals surface area contributed by atoms with Gasteiger partial charge in [-0.25, -0.2) is 0 Å². The largest absolute Gasteiger partial charge is 0.198 e. The van der Waals surface area contributed by atoms with Crippen LogP contribution in [-0.4, -0.2) is 13.1 Å². The van der Waals surface area contributed by atoms with Gasteiger partial charge >= 0.3 is 0 Å². The molecule has 0 heterocycles. The maximum atomic E-state index is 8.39. The summed E-state index contributed by atoms with van der Waals surface area (Å²) < 4.78 is 0. The minimum Gasteiger partial charge on any atom is -0.198 e. The Morgan fingerprint density at radius 3 is 1.80 bits per heavy atom. The molecule has 2 unspecified atom stereocenters. The van der Waals surface area contributed by atoms with Crippen molar-refractivity contribution in [1.82, 2.24) is 0 Å². The average molecular weight is 268 g/mol. The van der Waals surface area contributed by atoms with E-state index in [2.05, 4.69) is 16.8 Å². The highest BCUT2D eigenvalue weighted by molar-refractivity contribution is 5.45. The predicted molar refractivity (Wildman–Crippen MR) is 80.7 cm³/mol. The number of rotatable bonds is 5. The number of benzene rings is 1. The van der Waals surface area contributed by atoms with E-state index in [4.69, 9.17) is 10.5 Å². The Morgan fingerprint density at radius 1 is 1.05 bits per heavy atom. The molecule has 104 valence electrons. The summed E-state index contributed by atoms with van der Waals surface area (Å²) >= 11 is 0. The topological polar surface area (TPSA) is 72.3 Å². The first-order chi connectivity index (χ1) is 9.63. The number of nitrogens with zero attached hydrogens (tertiary/aromatic N) is 4. The van der Waals surface area contributed by atoms with E-state index in [0.717, 1.165) is 0 Å². The van der Waals surface area contributed by atoms with Gasteiger partial charge in [-0.2, -0.15) is 20.8 Å². The van der Waals surface area contributed by atoms with Crippen LogP contribution in [0.25, 0.3) is 6.08 Å². The van der Waals surface area contributed by atoms with Crippen molar-refractivity contribution in [3.05, 3.63) is 42.5 Å². The molecule has 0 aliphatic carbocycles. The highest BCUT2D eigenvalue weighted by Gasteiger charge is 1.97. The van der Waals surface area contributed by atoms with Crippen molar-refractivity contribution < 1.29 is 0 Å². The number of nitriles is 2. The average Bonchev–Trinajstić information content (AvgIpc) is 2.52. The van der Waals surface area contributed by atoms with Crippen LogP contribution in [0.3, 0.4) is 0 Å². The Kier molecular flexibility index (Phi) is 10.2. The number of hydrogen-bond donors (Lipinski definition) is 0. The normalized spacial score (nSPS) is 12.4. The molecule has 1 aromatic carbocycles. The van der Waals surface area contributed by atoms with Crippen molar-refractivity contribution in [1.29, 1.82) is 10.5 Å². The summed E-state index contributed by atoms with van der Waals surface area (Å²) in [4.78, 5) is 0. The molecule has 4 nitrogen and oxygen atoms in total. The molecule has 0 aliphatic heterocycles. The molecule has 4 heteroatoms. The van der Waals surface area contributed by atoms with Gasteiger partial charge in [0.25, 0.3) is 0 Å². The van der Waals surface area contributed by atoms with Crippen LogP contribution >= 0.6 is 0 Å². The molecule has 20 heavy (non-hydrogen) atoms. The van der Waals surface area contributed by atoms with E-state index in [1.54, 1.807) is 13.8 Å². The van der Waals surface area contributed by atoms with Crippen LogP contribution in [0.5, 0.6) is 0 Å². The van der Waals surface area contributed by atoms with Crippen LogP contribution in [0.2, 0.25) is 0 Å². The number of azo groups is 1. The Labute approximate surface area is 121 Å². The summed E-state index contributed by atoms with van der Waals surface area (Å²) in [5.74, 6) is -0.183. The van der Waals surface area contributed by atoms with E-state index in [1.807, 2.05) is 48.5 Å². The molecule has 2 atom stereocenters. The number of hydrogen-bond acceptors (Lipinski definition) is 4. The highest BCUT2D eigenvalue weighted by atomic mass is 15.1. The molecule has 0 amide bonds. The van der Waals surface area contributed by atoms with Gasteiger partial charge in [0.1, 0.15) is 0 Å². The quantitative estimate of drug-likeness (QED) is 0.754. The monoisotopic (exact) mass is 268 g/mol. The zero-order chi connectivity index (χ0) is 15.2. The van der Waals surface area contributed by atoms with Gasteiger partial charge in [0, 0.05) is 0 Å². The Morgan fingerprint density at radius 2 is 1.50 bits per heavy atom. The maximum Gasteiger partial charge on any atom is 0.0754 e. The molecule has 0 aliphatic rings. The maximum absolute atomic E-state index is 8.39. The Hall–Kier alpha value is -2.46. The van der Waals surface area contributed by atoms with Gasteiger partial charge in [-0.05, 0) is 19.4 Å². The Bertz CT molecular complexity index is 455.